The van der Waals surface area contributed by atoms with E-state index < -0.39 is 0 Å². The Morgan fingerprint density at radius 3 is 2.75 bits per heavy atom. The van der Waals surface area contributed by atoms with Crippen LogP contribution in [0.5, 0.6) is 0 Å². The molecule has 1 aromatic carbocycles. The number of carbonyl (C=O) groups is 1. The average Bonchev–Trinajstić information content (AvgIpc) is 2.49. The van der Waals surface area contributed by atoms with Crippen LogP contribution in [0.3, 0.4) is 0 Å². The number of para-hydroxylation sites is 1. The van der Waals surface area contributed by atoms with Gasteiger partial charge in [0.1, 0.15) is 0 Å². The van der Waals surface area contributed by atoms with Gasteiger partial charge in [0.05, 0.1) is 11.3 Å². The number of amides is 1. The summed E-state index contributed by atoms with van der Waals surface area (Å²) in [4.78, 5) is 14.5. The van der Waals surface area contributed by atoms with Crippen molar-refractivity contribution in [1.29, 1.82) is 0 Å². The smallest absolute Gasteiger partial charge is 0.253 e. The maximum absolute atomic E-state index is 12.1. The summed E-state index contributed by atoms with van der Waals surface area (Å²) >= 11 is 0. The lowest BCUT2D eigenvalue weighted by molar-refractivity contribution is 0.0949. The number of hydrazine groups is 1. The molecule has 0 unspecified atom stereocenters. The van der Waals surface area contributed by atoms with Crippen molar-refractivity contribution in [3.8, 4) is 0 Å². The van der Waals surface area contributed by atoms with E-state index in [9.17, 15) is 4.79 Å². The molecule has 5 nitrogen and oxygen atoms in total. The van der Waals surface area contributed by atoms with E-state index in [1.54, 1.807) is 12.1 Å². The first-order valence-corrected chi connectivity index (χ1v) is 7.23. The molecular formula is C15H24N4O. The van der Waals surface area contributed by atoms with Gasteiger partial charge in [-0.2, -0.15) is 0 Å². The van der Waals surface area contributed by atoms with Crippen molar-refractivity contribution in [1.82, 2.24) is 10.2 Å². The van der Waals surface area contributed by atoms with Gasteiger partial charge < -0.3 is 15.6 Å². The van der Waals surface area contributed by atoms with Crippen molar-refractivity contribution < 1.29 is 4.79 Å². The summed E-state index contributed by atoms with van der Waals surface area (Å²) in [6.07, 6.45) is 3.51. The fourth-order valence-corrected chi connectivity index (χ4v) is 2.64. The Bertz CT molecular complexity index is 441. The Balaban J connectivity index is 1.78. The molecule has 2 rings (SSSR count). The van der Waals surface area contributed by atoms with Crippen LogP contribution in [0.4, 0.5) is 5.69 Å². The van der Waals surface area contributed by atoms with E-state index in [2.05, 4.69) is 22.7 Å². The molecule has 0 atom stereocenters. The molecule has 110 valence electrons. The number of anilines is 1. The number of carbonyl (C=O) groups excluding carboxylic acids is 1. The predicted molar refractivity (Wildman–Crippen MR) is 81.4 cm³/mol. The molecule has 1 aliphatic heterocycles. The standard InChI is InChI=1S/C15H24N4O/c1-19-10-7-12(8-11-19)6-9-17-15(20)13-4-2-3-5-14(13)18-16/h2-5,12,18H,6-11,16H2,1H3,(H,17,20). The number of piperidine rings is 1. The van der Waals surface area contributed by atoms with Crippen LogP contribution in [-0.4, -0.2) is 37.5 Å². The number of rotatable bonds is 5. The van der Waals surface area contributed by atoms with E-state index in [0.29, 0.717) is 11.3 Å². The largest absolute Gasteiger partial charge is 0.352 e. The van der Waals surface area contributed by atoms with Gasteiger partial charge in [0.2, 0.25) is 0 Å². The van der Waals surface area contributed by atoms with Crippen molar-refractivity contribution in [2.45, 2.75) is 19.3 Å². The number of nitrogens with two attached hydrogens (primary N) is 1. The minimum absolute atomic E-state index is 0.0634. The Morgan fingerprint density at radius 1 is 1.35 bits per heavy atom. The lowest BCUT2D eigenvalue weighted by Crippen LogP contribution is -2.33. The average molecular weight is 276 g/mol. The molecule has 0 aromatic heterocycles. The monoisotopic (exact) mass is 276 g/mol. The van der Waals surface area contributed by atoms with E-state index >= 15 is 0 Å². The number of hydrogen-bond acceptors (Lipinski definition) is 4. The normalized spacial score (nSPS) is 16.9. The summed E-state index contributed by atoms with van der Waals surface area (Å²) in [6, 6.07) is 7.27. The first kappa shape index (κ1) is 14.8. The molecule has 1 amide bonds. The predicted octanol–water partition coefficient (Wildman–Crippen LogP) is 1.43. The molecule has 0 bridgehead atoms. The zero-order chi connectivity index (χ0) is 14.4. The number of nitrogen functional groups attached to an aromatic ring is 1. The molecule has 4 N–H and O–H groups in total. The van der Waals surface area contributed by atoms with Gasteiger partial charge in [0.25, 0.3) is 5.91 Å². The summed E-state index contributed by atoms with van der Waals surface area (Å²) in [5.74, 6) is 6.08. The Kier molecular flexibility index (Phi) is 5.38. The number of hydrogen-bond donors (Lipinski definition) is 3. The number of nitrogens with zero attached hydrogens (tertiary/aromatic N) is 1. The van der Waals surface area contributed by atoms with Gasteiger partial charge in [0.15, 0.2) is 0 Å². The van der Waals surface area contributed by atoms with Crippen LogP contribution >= 0.6 is 0 Å². The molecule has 1 aliphatic rings. The lowest BCUT2D eigenvalue weighted by atomic mass is 9.94. The second-order valence-electron chi connectivity index (χ2n) is 5.48. The van der Waals surface area contributed by atoms with E-state index in [4.69, 9.17) is 5.84 Å². The van der Waals surface area contributed by atoms with Crippen LogP contribution in [0.25, 0.3) is 0 Å². The molecule has 1 saturated heterocycles. The van der Waals surface area contributed by atoms with Gasteiger partial charge in [-0.25, -0.2) is 0 Å². The summed E-state index contributed by atoms with van der Waals surface area (Å²) in [6.45, 7) is 3.06. The van der Waals surface area contributed by atoms with Gasteiger partial charge in [-0.1, -0.05) is 12.1 Å². The summed E-state index contributed by atoms with van der Waals surface area (Å²) in [5.41, 5.74) is 3.81. The van der Waals surface area contributed by atoms with Gasteiger partial charge in [-0.05, 0) is 57.5 Å². The minimum atomic E-state index is -0.0634. The van der Waals surface area contributed by atoms with Crippen molar-refractivity contribution >= 4 is 11.6 Å². The van der Waals surface area contributed by atoms with Gasteiger partial charge >= 0.3 is 0 Å². The third-order valence-electron chi connectivity index (χ3n) is 4.00. The SMILES string of the molecule is CN1CCC(CCNC(=O)c2ccccc2NN)CC1. The van der Waals surface area contributed by atoms with Crippen molar-refractivity contribution in [3.05, 3.63) is 29.8 Å². The van der Waals surface area contributed by atoms with Crippen molar-refractivity contribution in [3.63, 3.8) is 0 Å². The third-order valence-corrected chi connectivity index (χ3v) is 4.00. The van der Waals surface area contributed by atoms with Crippen molar-refractivity contribution in [2.24, 2.45) is 11.8 Å². The topological polar surface area (TPSA) is 70.4 Å². The second-order valence-corrected chi connectivity index (χ2v) is 5.48. The number of benzene rings is 1. The summed E-state index contributed by atoms with van der Waals surface area (Å²) < 4.78 is 0. The Hall–Kier alpha value is -1.59. The van der Waals surface area contributed by atoms with Gasteiger partial charge in [-0.15, -0.1) is 0 Å². The molecule has 0 radical (unpaired) electrons. The van der Waals surface area contributed by atoms with Crippen LogP contribution < -0.4 is 16.6 Å². The molecular weight excluding hydrogens is 252 g/mol. The molecule has 1 heterocycles. The molecule has 0 spiro atoms. The molecule has 0 aliphatic carbocycles. The summed E-state index contributed by atoms with van der Waals surface area (Å²) in [5, 5.41) is 2.98. The minimum Gasteiger partial charge on any atom is -0.352 e. The van der Waals surface area contributed by atoms with Crippen LogP contribution in [0, 0.1) is 5.92 Å². The van der Waals surface area contributed by atoms with Crippen LogP contribution in [0.2, 0.25) is 0 Å². The van der Waals surface area contributed by atoms with Crippen molar-refractivity contribution in [2.75, 3.05) is 32.1 Å². The van der Waals surface area contributed by atoms with E-state index in [1.165, 1.54) is 25.9 Å². The third kappa shape index (κ3) is 3.95. The first-order valence-electron chi connectivity index (χ1n) is 7.23. The molecule has 1 aromatic rings. The van der Waals surface area contributed by atoms with Gasteiger partial charge in [0, 0.05) is 6.54 Å². The highest BCUT2D eigenvalue weighted by Crippen LogP contribution is 2.19. The van der Waals surface area contributed by atoms with E-state index in [1.807, 2.05) is 12.1 Å². The van der Waals surface area contributed by atoms with E-state index in [-0.39, 0.29) is 5.91 Å². The number of likely N-dealkylation sites (tertiary alicyclic amines) is 1. The Labute approximate surface area is 120 Å². The highest BCUT2D eigenvalue weighted by molar-refractivity contribution is 5.99. The van der Waals surface area contributed by atoms with E-state index in [0.717, 1.165) is 18.9 Å². The highest BCUT2D eigenvalue weighted by atomic mass is 16.1. The van der Waals surface area contributed by atoms with Crippen LogP contribution in [0.1, 0.15) is 29.6 Å². The fourth-order valence-electron chi connectivity index (χ4n) is 2.64. The molecule has 5 heteroatoms. The van der Waals surface area contributed by atoms with Crippen LogP contribution in [-0.2, 0) is 0 Å². The maximum Gasteiger partial charge on any atom is 0.253 e. The maximum atomic E-state index is 12.1. The fraction of sp³-hybridized carbons (Fsp3) is 0.533. The highest BCUT2D eigenvalue weighted by Gasteiger charge is 2.17. The zero-order valence-electron chi connectivity index (χ0n) is 12.1. The molecule has 0 saturated carbocycles. The quantitative estimate of drug-likeness (QED) is 0.562. The van der Waals surface area contributed by atoms with Crippen LogP contribution in [0.15, 0.2) is 24.3 Å². The second kappa shape index (κ2) is 7.26. The first-order chi connectivity index (χ1) is 9.70. The number of nitrogens with one attached hydrogen (secondary N) is 2. The molecule has 20 heavy (non-hydrogen) atoms. The Morgan fingerprint density at radius 2 is 2.05 bits per heavy atom. The lowest BCUT2D eigenvalue weighted by Gasteiger charge is -2.28. The zero-order valence-corrected chi connectivity index (χ0v) is 12.1. The summed E-state index contributed by atoms with van der Waals surface area (Å²) in [7, 11) is 2.16. The molecule has 1 fully saturated rings. The van der Waals surface area contributed by atoms with Gasteiger partial charge in [-0.3, -0.25) is 10.6 Å².